The van der Waals surface area contributed by atoms with E-state index in [1.54, 1.807) is 30.3 Å². The van der Waals surface area contributed by atoms with Crippen LogP contribution in [0, 0.1) is 0 Å². The normalized spacial score (nSPS) is 17.2. The summed E-state index contributed by atoms with van der Waals surface area (Å²) in [5.74, 6) is -0.492. The average Bonchev–Trinajstić information content (AvgIpc) is 3.32. The van der Waals surface area contributed by atoms with E-state index in [1.165, 1.54) is 30.3 Å². The van der Waals surface area contributed by atoms with E-state index in [-0.39, 0.29) is 42.9 Å². The number of anilines is 2. The summed E-state index contributed by atoms with van der Waals surface area (Å²) in [7, 11) is 0. The highest BCUT2D eigenvalue weighted by Crippen LogP contribution is 2.35. The standard InChI is InChI=1S/C25H22ClF3N4O4/c26-20-6-3-7-21(32-20)37-23(35)33-24(12-13-36-15-24)22(34)30-14-16-8-10-17(11-9-16)31-19-5-2-1-4-18(19)25(27,28)29/h1-11,31H,12-15H2,(H,30,34)(H,33,35)/t24-/m0/s1. The van der Waals surface area contributed by atoms with Crippen molar-refractivity contribution in [2.24, 2.45) is 0 Å². The molecule has 2 heterocycles. The number of alkyl halides is 3. The maximum absolute atomic E-state index is 13.2. The molecule has 1 fully saturated rings. The van der Waals surface area contributed by atoms with Gasteiger partial charge in [-0.15, -0.1) is 0 Å². The van der Waals surface area contributed by atoms with Gasteiger partial charge in [-0.05, 0) is 35.9 Å². The molecule has 0 spiro atoms. The molecule has 0 aliphatic carbocycles. The molecule has 12 heteroatoms. The Morgan fingerprint density at radius 3 is 2.49 bits per heavy atom. The second-order valence-electron chi connectivity index (χ2n) is 8.25. The summed E-state index contributed by atoms with van der Waals surface area (Å²) in [5, 5.41) is 8.24. The van der Waals surface area contributed by atoms with E-state index in [0.717, 1.165) is 6.07 Å². The van der Waals surface area contributed by atoms with E-state index in [4.69, 9.17) is 21.1 Å². The van der Waals surface area contributed by atoms with Gasteiger partial charge in [0.15, 0.2) is 0 Å². The number of rotatable bonds is 7. The van der Waals surface area contributed by atoms with Crippen LogP contribution in [0.15, 0.2) is 66.7 Å². The highest BCUT2D eigenvalue weighted by atomic mass is 35.5. The highest BCUT2D eigenvalue weighted by molar-refractivity contribution is 6.29. The molecule has 37 heavy (non-hydrogen) atoms. The van der Waals surface area contributed by atoms with Crippen LogP contribution < -0.4 is 20.7 Å². The minimum atomic E-state index is -4.49. The van der Waals surface area contributed by atoms with Crippen LogP contribution in [-0.4, -0.2) is 35.7 Å². The first-order chi connectivity index (χ1) is 17.6. The summed E-state index contributed by atoms with van der Waals surface area (Å²) in [5.41, 5.74) is -1.02. The number of para-hydroxylation sites is 1. The third kappa shape index (κ3) is 6.69. The number of carbonyl (C=O) groups excluding carboxylic acids is 2. The Bertz CT molecular complexity index is 1270. The topological polar surface area (TPSA) is 102 Å². The molecular weight excluding hydrogens is 513 g/mol. The highest BCUT2D eigenvalue weighted by Gasteiger charge is 2.44. The third-order valence-corrected chi connectivity index (χ3v) is 5.81. The maximum atomic E-state index is 13.2. The predicted molar refractivity (Wildman–Crippen MR) is 130 cm³/mol. The summed E-state index contributed by atoms with van der Waals surface area (Å²) in [6.45, 7) is 0.341. The zero-order chi connectivity index (χ0) is 26.5. The molecule has 4 rings (SSSR count). The number of amides is 2. The van der Waals surface area contributed by atoms with Crippen molar-refractivity contribution in [3.8, 4) is 5.88 Å². The zero-order valence-corrected chi connectivity index (χ0v) is 20.0. The van der Waals surface area contributed by atoms with Crippen molar-refractivity contribution in [3.05, 3.63) is 83.0 Å². The molecule has 0 unspecified atom stereocenters. The SMILES string of the molecule is O=C(N[C@@]1(C(=O)NCc2ccc(Nc3ccccc3C(F)(F)F)cc2)CCOC1)Oc1cccc(Cl)n1. The number of halogens is 4. The third-order valence-electron chi connectivity index (χ3n) is 5.60. The van der Waals surface area contributed by atoms with Crippen LogP contribution in [0.4, 0.5) is 29.3 Å². The fourth-order valence-electron chi connectivity index (χ4n) is 3.71. The van der Waals surface area contributed by atoms with E-state index in [0.29, 0.717) is 11.3 Å². The lowest BCUT2D eigenvalue weighted by molar-refractivity contribution is -0.137. The number of nitrogens with one attached hydrogen (secondary N) is 3. The van der Waals surface area contributed by atoms with E-state index < -0.39 is 29.3 Å². The lowest BCUT2D eigenvalue weighted by Gasteiger charge is -2.27. The van der Waals surface area contributed by atoms with Crippen LogP contribution >= 0.6 is 11.6 Å². The van der Waals surface area contributed by atoms with Crippen molar-refractivity contribution in [2.75, 3.05) is 18.5 Å². The number of ether oxygens (including phenoxy) is 2. The number of nitrogens with zero attached hydrogens (tertiary/aromatic N) is 1. The molecule has 0 saturated carbocycles. The van der Waals surface area contributed by atoms with Crippen LogP contribution in [0.5, 0.6) is 5.88 Å². The van der Waals surface area contributed by atoms with Crippen molar-refractivity contribution in [1.82, 2.24) is 15.6 Å². The minimum absolute atomic E-state index is 0.0222. The van der Waals surface area contributed by atoms with Crippen molar-refractivity contribution in [1.29, 1.82) is 0 Å². The van der Waals surface area contributed by atoms with Gasteiger partial charge in [-0.3, -0.25) is 4.79 Å². The monoisotopic (exact) mass is 534 g/mol. The quantitative estimate of drug-likeness (QED) is 0.366. The summed E-state index contributed by atoms with van der Waals surface area (Å²) < 4.78 is 50.2. The molecule has 0 radical (unpaired) electrons. The Morgan fingerprint density at radius 1 is 1.05 bits per heavy atom. The van der Waals surface area contributed by atoms with E-state index in [2.05, 4.69) is 20.9 Å². The summed E-state index contributed by atoms with van der Waals surface area (Å²) in [6.07, 6.45) is -5.14. The van der Waals surface area contributed by atoms with Crippen LogP contribution in [0.2, 0.25) is 5.15 Å². The maximum Gasteiger partial charge on any atom is 0.418 e. The summed E-state index contributed by atoms with van der Waals surface area (Å²) in [4.78, 5) is 29.3. The molecule has 194 valence electrons. The molecule has 3 aromatic rings. The van der Waals surface area contributed by atoms with Gasteiger partial charge in [-0.2, -0.15) is 13.2 Å². The molecule has 2 aromatic carbocycles. The Balaban J connectivity index is 1.36. The summed E-state index contributed by atoms with van der Waals surface area (Å²) >= 11 is 5.79. The lowest BCUT2D eigenvalue weighted by Crippen LogP contribution is -2.59. The van der Waals surface area contributed by atoms with Crippen LogP contribution in [0.1, 0.15) is 17.5 Å². The fourth-order valence-corrected chi connectivity index (χ4v) is 3.87. The Labute approximate surface area is 215 Å². The number of carbonyl (C=O) groups is 2. The molecule has 8 nitrogen and oxygen atoms in total. The molecule has 1 saturated heterocycles. The minimum Gasteiger partial charge on any atom is -0.391 e. The Kier molecular flexibility index (Phi) is 7.84. The van der Waals surface area contributed by atoms with Gasteiger partial charge in [-0.1, -0.05) is 41.9 Å². The molecule has 0 bridgehead atoms. The number of pyridine rings is 1. The molecule has 1 atom stereocenters. The first kappa shape index (κ1) is 26.2. The van der Waals surface area contributed by atoms with E-state index >= 15 is 0 Å². The predicted octanol–water partition coefficient (Wildman–Crippen LogP) is 5.06. The summed E-state index contributed by atoms with van der Waals surface area (Å²) in [6, 6.07) is 16.3. The molecule has 3 N–H and O–H groups in total. The second kappa shape index (κ2) is 11.1. The molecule has 1 aliphatic heterocycles. The Morgan fingerprint density at radius 2 is 1.81 bits per heavy atom. The van der Waals surface area contributed by atoms with Gasteiger partial charge in [0.25, 0.3) is 0 Å². The molecular formula is C25H22ClF3N4O4. The van der Waals surface area contributed by atoms with Gasteiger partial charge in [0.2, 0.25) is 11.8 Å². The van der Waals surface area contributed by atoms with Crippen LogP contribution in [0.25, 0.3) is 0 Å². The fraction of sp³-hybridized carbons (Fsp3) is 0.240. The number of aromatic nitrogens is 1. The molecule has 1 aliphatic rings. The van der Waals surface area contributed by atoms with E-state index in [1.807, 2.05) is 0 Å². The first-order valence-electron chi connectivity index (χ1n) is 11.2. The smallest absolute Gasteiger partial charge is 0.391 e. The van der Waals surface area contributed by atoms with E-state index in [9.17, 15) is 22.8 Å². The number of hydrogen-bond donors (Lipinski definition) is 3. The second-order valence-corrected chi connectivity index (χ2v) is 8.63. The Hall–Kier alpha value is -3.83. The van der Waals surface area contributed by atoms with Crippen molar-refractivity contribution < 1.29 is 32.2 Å². The van der Waals surface area contributed by atoms with Gasteiger partial charge < -0.3 is 25.4 Å². The van der Waals surface area contributed by atoms with Crippen LogP contribution in [-0.2, 0) is 22.3 Å². The molecule has 2 amide bonds. The zero-order valence-electron chi connectivity index (χ0n) is 19.3. The van der Waals surface area contributed by atoms with Gasteiger partial charge >= 0.3 is 12.3 Å². The number of hydrogen-bond acceptors (Lipinski definition) is 6. The number of benzene rings is 2. The van der Waals surface area contributed by atoms with Gasteiger partial charge in [0.1, 0.15) is 10.7 Å². The largest absolute Gasteiger partial charge is 0.418 e. The molecule has 1 aromatic heterocycles. The lowest BCUT2D eigenvalue weighted by atomic mass is 9.97. The van der Waals surface area contributed by atoms with Gasteiger partial charge in [-0.25, -0.2) is 9.78 Å². The van der Waals surface area contributed by atoms with Crippen molar-refractivity contribution in [3.63, 3.8) is 0 Å². The first-order valence-corrected chi connectivity index (χ1v) is 11.5. The van der Waals surface area contributed by atoms with Crippen molar-refractivity contribution >= 4 is 35.0 Å². The van der Waals surface area contributed by atoms with Crippen molar-refractivity contribution in [2.45, 2.75) is 24.7 Å². The van der Waals surface area contributed by atoms with Crippen LogP contribution in [0.3, 0.4) is 0 Å². The average molecular weight is 535 g/mol. The van der Waals surface area contributed by atoms with Gasteiger partial charge in [0, 0.05) is 31.3 Å². The van der Waals surface area contributed by atoms with Gasteiger partial charge in [0.05, 0.1) is 17.9 Å².